The second-order valence-corrected chi connectivity index (χ2v) is 6.33. The number of nitrogens with two attached hydrogens (primary N) is 1. The highest BCUT2D eigenvalue weighted by Gasteiger charge is 2.51. The Labute approximate surface area is 127 Å². The van der Waals surface area contributed by atoms with Crippen molar-refractivity contribution in [3.63, 3.8) is 0 Å². The van der Waals surface area contributed by atoms with Gasteiger partial charge in [-0.3, -0.25) is 4.79 Å². The van der Waals surface area contributed by atoms with E-state index in [0.29, 0.717) is 12.1 Å². The summed E-state index contributed by atoms with van der Waals surface area (Å²) in [5.74, 6) is 0.0617. The van der Waals surface area contributed by atoms with Crippen LogP contribution >= 0.6 is 0 Å². The lowest BCUT2D eigenvalue weighted by Crippen LogP contribution is -2.62. The van der Waals surface area contributed by atoms with Gasteiger partial charge in [0.1, 0.15) is 0 Å². The third-order valence-corrected chi connectivity index (χ3v) is 4.72. The largest absolute Gasteiger partial charge is 0.378 e. The van der Waals surface area contributed by atoms with E-state index < -0.39 is 0 Å². The van der Waals surface area contributed by atoms with Crippen LogP contribution in [0.15, 0.2) is 24.3 Å². The maximum Gasteiger partial charge on any atom is 0.253 e. The first kappa shape index (κ1) is 16.0. The minimum Gasteiger partial charge on any atom is -0.378 e. The SMILES string of the molecule is CCOC1CC(N(C)C(=O)c2ccc(CN)cc2)C1(C)C. The van der Waals surface area contributed by atoms with Crippen LogP contribution in [0.25, 0.3) is 0 Å². The van der Waals surface area contributed by atoms with Crippen molar-refractivity contribution in [1.82, 2.24) is 4.90 Å². The van der Waals surface area contributed by atoms with E-state index in [1.54, 1.807) is 0 Å². The average Bonchev–Trinajstić information content (AvgIpc) is 2.49. The number of carbonyl (C=O) groups excluding carboxylic acids is 1. The van der Waals surface area contributed by atoms with Gasteiger partial charge in [0.2, 0.25) is 0 Å². The molecule has 0 saturated heterocycles. The maximum absolute atomic E-state index is 12.6. The van der Waals surface area contributed by atoms with E-state index in [0.717, 1.165) is 18.6 Å². The van der Waals surface area contributed by atoms with Crippen molar-refractivity contribution in [1.29, 1.82) is 0 Å². The minimum atomic E-state index is -0.00236. The lowest BCUT2D eigenvalue weighted by molar-refractivity contribution is -0.136. The molecule has 0 radical (unpaired) electrons. The molecular weight excluding hydrogens is 264 g/mol. The third-order valence-electron chi connectivity index (χ3n) is 4.72. The van der Waals surface area contributed by atoms with E-state index in [-0.39, 0.29) is 23.5 Å². The summed E-state index contributed by atoms with van der Waals surface area (Å²) >= 11 is 0. The molecule has 4 nitrogen and oxygen atoms in total. The van der Waals surface area contributed by atoms with Crippen LogP contribution in [-0.4, -0.2) is 36.6 Å². The molecule has 1 aliphatic carbocycles. The highest BCUT2D eigenvalue weighted by molar-refractivity contribution is 5.94. The van der Waals surface area contributed by atoms with Crippen LogP contribution < -0.4 is 5.73 Å². The smallest absolute Gasteiger partial charge is 0.253 e. The Morgan fingerprint density at radius 2 is 2.00 bits per heavy atom. The summed E-state index contributed by atoms with van der Waals surface area (Å²) < 4.78 is 5.74. The van der Waals surface area contributed by atoms with Crippen molar-refractivity contribution in [3.05, 3.63) is 35.4 Å². The Bertz CT molecular complexity index is 496. The number of ether oxygens (including phenoxy) is 1. The molecule has 1 aromatic carbocycles. The first-order chi connectivity index (χ1) is 9.91. The summed E-state index contributed by atoms with van der Waals surface area (Å²) in [6.07, 6.45) is 1.15. The van der Waals surface area contributed by atoms with E-state index in [1.165, 1.54) is 0 Å². The normalized spacial score (nSPS) is 23.5. The maximum atomic E-state index is 12.6. The summed E-state index contributed by atoms with van der Waals surface area (Å²) in [6, 6.07) is 7.75. The van der Waals surface area contributed by atoms with Crippen LogP contribution in [-0.2, 0) is 11.3 Å². The topological polar surface area (TPSA) is 55.6 Å². The van der Waals surface area contributed by atoms with Gasteiger partial charge >= 0.3 is 0 Å². The molecule has 2 rings (SSSR count). The van der Waals surface area contributed by atoms with Crippen molar-refractivity contribution < 1.29 is 9.53 Å². The highest BCUT2D eigenvalue weighted by atomic mass is 16.5. The second-order valence-electron chi connectivity index (χ2n) is 6.33. The summed E-state index contributed by atoms with van der Waals surface area (Å²) in [5, 5.41) is 0. The molecule has 21 heavy (non-hydrogen) atoms. The first-order valence-corrected chi connectivity index (χ1v) is 7.59. The number of amides is 1. The molecule has 4 heteroatoms. The fourth-order valence-electron chi connectivity index (χ4n) is 3.13. The average molecular weight is 290 g/mol. The van der Waals surface area contributed by atoms with Gasteiger partial charge in [-0.15, -0.1) is 0 Å². The number of carbonyl (C=O) groups is 1. The number of nitrogens with zero attached hydrogens (tertiary/aromatic N) is 1. The molecule has 0 aliphatic heterocycles. The molecule has 2 N–H and O–H groups in total. The molecule has 1 saturated carbocycles. The van der Waals surface area contributed by atoms with E-state index in [1.807, 2.05) is 43.1 Å². The zero-order chi connectivity index (χ0) is 15.6. The van der Waals surface area contributed by atoms with E-state index in [9.17, 15) is 4.79 Å². The summed E-state index contributed by atoms with van der Waals surface area (Å²) in [7, 11) is 1.88. The number of benzene rings is 1. The number of hydrogen-bond donors (Lipinski definition) is 1. The molecule has 116 valence electrons. The van der Waals surface area contributed by atoms with Crippen molar-refractivity contribution in [2.45, 2.75) is 45.9 Å². The molecule has 1 aliphatic rings. The summed E-state index contributed by atoms with van der Waals surface area (Å²) in [5.41, 5.74) is 7.33. The Kier molecular flexibility index (Phi) is 4.69. The molecule has 0 bridgehead atoms. The fraction of sp³-hybridized carbons (Fsp3) is 0.588. The van der Waals surface area contributed by atoms with Crippen LogP contribution in [0, 0.1) is 5.41 Å². The first-order valence-electron chi connectivity index (χ1n) is 7.59. The predicted molar refractivity (Wildman–Crippen MR) is 84.0 cm³/mol. The van der Waals surface area contributed by atoms with Gasteiger partial charge in [-0.05, 0) is 31.0 Å². The van der Waals surface area contributed by atoms with Crippen LogP contribution in [0.4, 0.5) is 0 Å². The Balaban J connectivity index is 2.06. The highest BCUT2D eigenvalue weighted by Crippen LogP contribution is 2.45. The molecule has 0 aromatic heterocycles. The van der Waals surface area contributed by atoms with Crippen molar-refractivity contribution in [2.75, 3.05) is 13.7 Å². The van der Waals surface area contributed by atoms with Crippen molar-refractivity contribution in [2.24, 2.45) is 11.1 Å². The van der Waals surface area contributed by atoms with Gasteiger partial charge in [0.15, 0.2) is 0 Å². The molecule has 0 heterocycles. The Morgan fingerprint density at radius 1 is 1.38 bits per heavy atom. The van der Waals surface area contributed by atoms with E-state index in [2.05, 4.69) is 13.8 Å². The van der Waals surface area contributed by atoms with Gasteiger partial charge in [0, 0.05) is 37.2 Å². The van der Waals surface area contributed by atoms with Crippen LogP contribution in [0.2, 0.25) is 0 Å². The lowest BCUT2D eigenvalue weighted by atomic mass is 9.63. The Morgan fingerprint density at radius 3 is 2.48 bits per heavy atom. The molecule has 2 unspecified atom stereocenters. The van der Waals surface area contributed by atoms with Crippen molar-refractivity contribution in [3.8, 4) is 0 Å². The van der Waals surface area contributed by atoms with Gasteiger partial charge in [0.05, 0.1) is 6.10 Å². The van der Waals surface area contributed by atoms with Crippen LogP contribution in [0.3, 0.4) is 0 Å². The third kappa shape index (κ3) is 2.97. The van der Waals surface area contributed by atoms with Crippen LogP contribution in [0.5, 0.6) is 0 Å². The predicted octanol–water partition coefficient (Wildman–Crippen LogP) is 2.42. The lowest BCUT2D eigenvalue weighted by Gasteiger charge is -2.54. The molecule has 1 amide bonds. The molecular formula is C17H26N2O2. The number of rotatable bonds is 5. The summed E-state index contributed by atoms with van der Waals surface area (Å²) in [4.78, 5) is 14.4. The molecule has 0 spiro atoms. The number of hydrogen-bond acceptors (Lipinski definition) is 3. The van der Waals surface area contributed by atoms with Crippen molar-refractivity contribution >= 4 is 5.91 Å². The molecule has 2 atom stereocenters. The zero-order valence-electron chi connectivity index (χ0n) is 13.4. The monoisotopic (exact) mass is 290 g/mol. The molecule has 1 aromatic rings. The van der Waals surface area contributed by atoms with Gasteiger partial charge in [0.25, 0.3) is 5.91 Å². The van der Waals surface area contributed by atoms with E-state index >= 15 is 0 Å². The van der Waals surface area contributed by atoms with Gasteiger partial charge < -0.3 is 15.4 Å². The zero-order valence-corrected chi connectivity index (χ0v) is 13.4. The summed E-state index contributed by atoms with van der Waals surface area (Å²) in [6.45, 7) is 7.57. The van der Waals surface area contributed by atoms with Crippen LogP contribution in [0.1, 0.15) is 43.1 Å². The minimum absolute atomic E-state index is 0.00236. The second kappa shape index (κ2) is 6.16. The molecule has 1 fully saturated rings. The van der Waals surface area contributed by atoms with Gasteiger partial charge in [-0.25, -0.2) is 0 Å². The fourth-order valence-corrected chi connectivity index (χ4v) is 3.13. The Hall–Kier alpha value is -1.39. The van der Waals surface area contributed by atoms with Gasteiger partial charge in [-0.1, -0.05) is 26.0 Å². The van der Waals surface area contributed by atoms with E-state index in [4.69, 9.17) is 10.5 Å². The quantitative estimate of drug-likeness (QED) is 0.906. The van der Waals surface area contributed by atoms with Gasteiger partial charge in [-0.2, -0.15) is 0 Å². The standard InChI is InChI=1S/C17H26N2O2/c1-5-21-15-10-14(17(15,2)3)19(4)16(20)13-8-6-12(11-18)7-9-13/h6-9,14-15H,5,10-11,18H2,1-4H3.